The zero-order valence-corrected chi connectivity index (χ0v) is 21.2. The lowest BCUT2D eigenvalue weighted by molar-refractivity contribution is -0.134. The van der Waals surface area contributed by atoms with Gasteiger partial charge in [-0.2, -0.15) is 5.26 Å². The Labute approximate surface area is 218 Å². The van der Waals surface area contributed by atoms with Crippen LogP contribution in [0.1, 0.15) is 49.7 Å². The predicted octanol–water partition coefficient (Wildman–Crippen LogP) is 4.00. The molecule has 196 valence electrons. The molecule has 1 spiro atoms. The molecule has 1 aromatic heterocycles. The first-order valence-electron chi connectivity index (χ1n) is 12.3. The van der Waals surface area contributed by atoms with E-state index in [4.69, 9.17) is 0 Å². The van der Waals surface area contributed by atoms with Gasteiger partial charge in [-0.3, -0.25) is 14.4 Å². The number of aromatic amines is 1. The number of H-pyrrole nitrogens is 1. The van der Waals surface area contributed by atoms with Gasteiger partial charge >= 0.3 is 0 Å². The summed E-state index contributed by atoms with van der Waals surface area (Å²) in [6.07, 6.45) is 0.381. The van der Waals surface area contributed by atoms with E-state index in [1.165, 1.54) is 17.0 Å². The van der Waals surface area contributed by atoms with Crippen LogP contribution in [0.25, 0.3) is 10.9 Å². The number of anilines is 1. The lowest BCUT2D eigenvalue weighted by atomic mass is 9.80. The van der Waals surface area contributed by atoms with Gasteiger partial charge in [-0.25, -0.2) is 8.78 Å². The first-order chi connectivity index (χ1) is 17.9. The van der Waals surface area contributed by atoms with Gasteiger partial charge in [0, 0.05) is 29.6 Å². The smallest absolute Gasteiger partial charge is 0.268 e. The number of nitrogens with zero attached hydrogens (tertiary/aromatic N) is 2. The van der Waals surface area contributed by atoms with Crippen molar-refractivity contribution in [1.82, 2.24) is 15.2 Å². The van der Waals surface area contributed by atoms with Crippen molar-refractivity contribution in [1.29, 1.82) is 5.26 Å². The topological polar surface area (TPSA) is 118 Å². The molecular weight excluding hydrogens is 492 g/mol. The second-order valence-corrected chi connectivity index (χ2v) is 11.2. The van der Waals surface area contributed by atoms with Crippen molar-refractivity contribution in [2.45, 2.75) is 51.1 Å². The normalized spacial score (nSPS) is 21.3. The van der Waals surface area contributed by atoms with Crippen molar-refractivity contribution in [2.75, 3.05) is 11.9 Å². The van der Waals surface area contributed by atoms with Gasteiger partial charge in [-0.05, 0) is 41.7 Å². The summed E-state index contributed by atoms with van der Waals surface area (Å²) in [6.45, 7) is 5.73. The Bertz CT molecular complexity index is 1520. The second kappa shape index (κ2) is 8.94. The van der Waals surface area contributed by atoms with E-state index in [1.807, 2.05) is 32.9 Å². The van der Waals surface area contributed by atoms with E-state index in [0.29, 0.717) is 5.69 Å². The fourth-order valence-electron chi connectivity index (χ4n) is 5.50. The molecule has 0 radical (unpaired) electrons. The third kappa shape index (κ3) is 4.18. The quantitative estimate of drug-likeness (QED) is 0.483. The number of hydrogen-bond donors (Lipinski definition) is 3. The van der Waals surface area contributed by atoms with Crippen LogP contribution >= 0.6 is 0 Å². The van der Waals surface area contributed by atoms with Crippen LogP contribution in [0.15, 0.2) is 42.5 Å². The van der Waals surface area contributed by atoms with Crippen molar-refractivity contribution in [2.24, 2.45) is 5.41 Å². The Balaban J connectivity index is 1.45. The maximum Gasteiger partial charge on any atom is 0.268 e. The van der Waals surface area contributed by atoms with Crippen molar-refractivity contribution in [3.63, 3.8) is 0 Å². The van der Waals surface area contributed by atoms with Gasteiger partial charge in [-0.15, -0.1) is 0 Å². The fourth-order valence-corrected chi connectivity index (χ4v) is 5.50. The molecule has 3 atom stereocenters. The fraction of sp³-hybridized carbons (Fsp3) is 0.357. The van der Waals surface area contributed by atoms with Crippen LogP contribution in [0.2, 0.25) is 0 Å². The molecule has 1 unspecified atom stereocenters. The number of rotatable bonds is 4. The maximum atomic E-state index is 14.2. The number of carbonyl (C=O) groups excluding carboxylic acids is 3. The minimum absolute atomic E-state index is 0.000293. The zero-order valence-electron chi connectivity index (χ0n) is 21.2. The molecule has 8 nitrogen and oxygen atoms in total. The van der Waals surface area contributed by atoms with Gasteiger partial charge in [0.1, 0.15) is 17.8 Å². The van der Waals surface area contributed by atoms with E-state index in [0.717, 1.165) is 11.6 Å². The maximum absolute atomic E-state index is 14.2. The van der Waals surface area contributed by atoms with Gasteiger partial charge < -0.3 is 20.5 Å². The predicted molar refractivity (Wildman–Crippen MR) is 136 cm³/mol. The van der Waals surface area contributed by atoms with Crippen LogP contribution in [0.3, 0.4) is 0 Å². The molecule has 38 heavy (non-hydrogen) atoms. The van der Waals surface area contributed by atoms with Crippen LogP contribution in [0.4, 0.5) is 14.5 Å². The highest BCUT2D eigenvalue weighted by Gasteiger charge is 2.56. The molecule has 1 fully saturated rings. The third-order valence-corrected chi connectivity index (χ3v) is 7.27. The number of fused-ring (bicyclic) bond motifs is 3. The molecule has 1 saturated heterocycles. The summed E-state index contributed by atoms with van der Waals surface area (Å²) in [4.78, 5) is 44.3. The first-order valence-corrected chi connectivity index (χ1v) is 12.3. The number of carbonyl (C=O) groups is 3. The zero-order chi connectivity index (χ0) is 27.4. The molecule has 0 saturated carbocycles. The van der Waals surface area contributed by atoms with Gasteiger partial charge in [0.15, 0.2) is 11.6 Å². The molecule has 3 heterocycles. The van der Waals surface area contributed by atoms with Crippen molar-refractivity contribution < 1.29 is 23.2 Å². The molecule has 0 aliphatic carbocycles. The lowest BCUT2D eigenvalue weighted by Crippen LogP contribution is -2.52. The van der Waals surface area contributed by atoms with E-state index >= 15 is 0 Å². The monoisotopic (exact) mass is 519 g/mol. The van der Waals surface area contributed by atoms with Crippen molar-refractivity contribution in [3.05, 3.63) is 65.4 Å². The average molecular weight is 520 g/mol. The van der Waals surface area contributed by atoms with Crippen LogP contribution in [0.5, 0.6) is 0 Å². The Morgan fingerprint density at radius 1 is 1.24 bits per heavy atom. The van der Waals surface area contributed by atoms with E-state index in [1.54, 1.807) is 12.1 Å². The van der Waals surface area contributed by atoms with Gasteiger partial charge in [0.25, 0.3) is 5.91 Å². The lowest BCUT2D eigenvalue weighted by Gasteiger charge is -2.31. The van der Waals surface area contributed by atoms with Gasteiger partial charge in [0.05, 0.1) is 11.5 Å². The number of halogens is 2. The molecule has 2 aliphatic heterocycles. The molecule has 2 aliphatic rings. The minimum atomic E-state index is -1.07. The highest BCUT2D eigenvalue weighted by molar-refractivity contribution is 6.07. The SMILES string of the molecule is CC(C)(C)CC(NC(=O)c1cc2c(F)c(F)ccc2[nH]1)C(=O)N1C[C@]2(C[C@H]1C#N)C(=O)Nc1ccccc12. The summed E-state index contributed by atoms with van der Waals surface area (Å²) in [5.41, 5.74) is 0.163. The Kier molecular flexibility index (Phi) is 5.97. The number of benzene rings is 2. The molecule has 3 amide bonds. The van der Waals surface area contributed by atoms with Gasteiger partial charge in [-0.1, -0.05) is 39.0 Å². The number of nitrogens with one attached hydrogen (secondary N) is 3. The van der Waals surface area contributed by atoms with E-state index in [2.05, 4.69) is 21.7 Å². The summed E-state index contributed by atoms with van der Waals surface area (Å²) in [7, 11) is 0. The standard InChI is InChI=1S/C28H27F2N5O3/c1-27(2,3)12-22(33-24(36)21-10-16-19(32-21)9-8-18(29)23(16)30)25(37)35-14-28(11-15(35)13-31)17-6-4-5-7-20(17)34-26(28)38/h4-10,15,22,32H,11-12,14H2,1-3H3,(H,33,36)(H,34,38)/t15-,22?,28-/m0/s1. The van der Waals surface area contributed by atoms with E-state index in [-0.39, 0.29) is 47.3 Å². The summed E-state index contributed by atoms with van der Waals surface area (Å²) in [6, 6.07) is 11.0. The highest BCUT2D eigenvalue weighted by atomic mass is 19.2. The van der Waals surface area contributed by atoms with Crippen LogP contribution in [-0.2, 0) is 15.0 Å². The number of para-hydroxylation sites is 1. The number of amides is 3. The van der Waals surface area contributed by atoms with Crippen LogP contribution in [0, 0.1) is 28.4 Å². The van der Waals surface area contributed by atoms with Gasteiger partial charge in [0.2, 0.25) is 11.8 Å². The number of aromatic nitrogens is 1. The summed E-state index contributed by atoms with van der Waals surface area (Å²) >= 11 is 0. The summed E-state index contributed by atoms with van der Waals surface area (Å²) in [5.74, 6) is -3.53. The second-order valence-electron chi connectivity index (χ2n) is 11.2. The Morgan fingerprint density at radius 2 is 1.97 bits per heavy atom. The van der Waals surface area contributed by atoms with E-state index < -0.39 is 40.9 Å². The first kappa shape index (κ1) is 25.4. The third-order valence-electron chi connectivity index (χ3n) is 7.27. The Morgan fingerprint density at radius 3 is 2.68 bits per heavy atom. The van der Waals surface area contributed by atoms with Crippen molar-refractivity contribution >= 4 is 34.3 Å². The molecule has 0 bridgehead atoms. The minimum Gasteiger partial charge on any atom is -0.350 e. The number of hydrogen-bond acceptors (Lipinski definition) is 4. The largest absolute Gasteiger partial charge is 0.350 e. The molecule has 3 N–H and O–H groups in total. The number of likely N-dealkylation sites (tertiary alicyclic amines) is 1. The highest BCUT2D eigenvalue weighted by Crippen LogP contribution is 2.46. The summed E-state index contributed by atoms with van der Waals surface area (Å²) < 4.78 is 27.9. The summed E-state index contributed by atoms with van der Waals surface area (Å²) in [5, 5.41) is 15.4. The van der Waals surface area contributed by atoms with Crippen LogP contribution < -0.4 is 10.6 Å². The van der Waals surface area contributed by atoms with E-state index in [9.17, 15) is 28.4 Å². The Hall–Kier alpha value is -4.26. The van der Waals surface area contributed by atoms with Crippen LogP contribution in [-0.4, -0.2) is 46.2 Å². The number of nitriles is 1. The molecule has 10 heteroatoms. The van der Waals surface area contributed by atoms with Crippen molar-refractivity contribution in [3.8, 4) is 6.07 Å². The molecule has 3 aromatic rings. The molecular formula is C28H27F2N5O3. The average Bonchev–Trinajstić information content (AvgIpc) is 3.55. The molecule has 2 aromatic carbocycles. The molecule has 5 rings (SSSR count).